The van der Waals surface area contributed by atoms with E-state index in [9.17, 15) is 13.2 Å². The fourth-order valence-electron chi connectivity index (χ4n) is 1.90. The van der Waals surface area contributed by atoms with Crippen molar-refractivity contribution in [3.8, 4) is 0 Å². The van der Waals surface area contributed by atoms with Gasteiger partial charge in [0.15, 0.2) is 0 Å². The molecule has 0 saturated carbocycles. The summed E-state index contributed by atoms with van der Waals surface area (Å²) in [6, 6.07) is 0. The van der Waals surface area contributed by atoms with E-state index < -0.39 is 12.6 Å². The zero-order valence-corrected chi connectivity index (χ0v) is 11.6. The lowest BCUT2D eigenvalue weighted by Crippen LogP contribution is -2.41. The molecule has 106 valence electrons. The van der Waals surface area contributed by atoms with Crippen molar-refractivity contribution >= 4 is 7.12 Å². The van der Waals surface area contributed by atoms with Gasteiger partial charge in [-0.25, -0.2) is 0 Å². The highest BCUT2D eigenvalue weighted by molar-refractivity contribution is 6.45. The monoisotopic (exact) mass is 266 g/mol. The van der Waals surface area contributed by atoms with Crippen molar-refractivity contribution in [2.24, 2.45) is 0 Å². The molecule has 0 aromatic carbocycles. The number of unbranched alkanes of at least 4 members (excludes halogenated alkanes) is 2. The fourth-order valence-corrected chi connectivity index (χ4v) is 1.90. The first-order chi connectivity index (χ1) is 8.04. The van der Waals surface area contributed by atoms with Crippen molar-refractivity contribution in [2.45, 2.75) is 77.1 Å². The van der Waals surface area contributed by atoms with Crippen molar-refractivity contribution < 1.29 is 22.5 Å². The Bertz CT molecular complexity index is 261. The van der Waals surface area contributed by atoms with Gasteiger partial charge in [0.25, 0.3) is 0 Å². The van der Waals surface area contributed by atoms with E-state index in [1.54, 1.807) is 0 Å². The maximum atomic E-state index is 11.9. The maximum Gasteiger partial charge on any atom is 0.457 e. The highest BCUT2D eigenvalue weighted by Crippen LogP contribution is 2.38. The van der Waals surface area contributed by atoms with Gasteiger partial charge in [-0.3, -0.25) is 0 Å². The molecule has 0 aromatic rings. The first-order valence-corrected chi connectivity index (χ1v) is 6.46. The van der Waals surface area contributed by atoms with Crippen molar-refractivity contribution in [3.63, 3.8) is 0 Å². The molecule has 1 aliphatic rings. The predicted molar refractivity (Wildman–Crippen MR) is 65.4 cm³/mol. The Balaban J connectivity index is 2.19. The summed E-state index contributed by atoms with van der Waals surface area (Å²) in [4.78, 5) is 0. The topological polar surface area (TPSA) is 18.5 Å². The van der Waals surface area contributed by atoms with Gasteiger partial charge >= 0.3 is 13.3 Å². The summed E-state index contributed by atoms with van der Waals surface area (Å²) in [6.07, 6.45) is -2.63. The summed E-state index contributed by atoms with van der Waals surface area (Å²) in [7, 11) is -0.291. The molecule has 2 nitrogen and oxygen atoms in total. The van der Waals surface area contributed by atoms with E-state index in [2.05, 4.69) is 0 Å². The van der Waals surface area contributed by atoms with Crippen molar-refractivity contribution in [2.75, 3.05) is 0 Å². The molecule has 0 atom stereocenters. The normalized spacial score (nSPS) is 22.5. The molecule has 18 heavy (non-hydrogen) atoms. The van der Waals surface area contributed by atoms with Gasteiger partial charge in [0, 0.05) is 6.42 Å². The van der Waals surface area contributed by atoms with E-state index in [0.717, 1.165) is 0 Å². The van der Waals surface area contributed by atoms with Crippen LogP contribution in [0.3, 0.4) is 0 Å². The molecular weight excluding hydrogens is 244 g/mol. The zero-order valence-electron chi connectivity index (χ0n) is 11.6. The lowest BCUT2D eigenvalue weighted by atomic mass is 9.82. The lowest BCUT2D eigenvalue weighted by molar-refractivity contribution is -0.135. The van der Waals surface area contributed by atoms with Crippen LogP contribution < -0.4 is 0 Å². The van der Waals surface area contributed by atoms with Crippen LogP contribution in [0.4, 0.5) is 13.2 Å². The highest BCUT2D eigenvalue weighted by atomic mass is 19.4. The smallest absolute Gasteiger partial charge is 0.403 e. The first-order valence-electron chi connectivity index (χ1n) is 6.46. The summed E-state index contributed by atoms with van der Waals surface area (Å²) in [5.41, 5.74) is -0.715. The Labute approximate surface area is 107 Å². The van der Waals surface area contributed by atoms with Crippen molar-refractivity contribution in [1.82, 2.24) is 0 Å². The van der Waals surface area contributed by atoms with Crippen LogP contribution in [-0.4, -0.2) is 24.5 Å². The predicted octanol–water partition coefficient (Wildman–Crippen LogP) is 4.20. The standard InChI is InChI=1S/C12H22BF3O2/c1-10(2)11(3,4)18-13(17-10)9-7-5-6-8-12(14,15)16/h5-9H2,1-4H3. The Hall–Kier alpha value is -0.225. The molecule has 0 radical (unpaired) electrons. The van der Waals surface area contributed by atoms with Gasteiger partial charge < -0.3 is 9.31 Å². The van der Waals surface area contributed by atoms with Gasteiger partial charge in [-0.05, 0) is 40.4 Å². The Morgan fingerprint density at radius 3 is 1.83 bits per heavy atom. The van der Waals surface area contributed by atoms with Gasteiger partial charge in [-0.2, -0.15) is 13.2 Å². The Kier molecular flexibility index (Phi) is 4.76. The second kappa shape index (κ2) is 5.41. The summed E-state index contributed by atoms with van der Waals surface area (Å²) in [5, 5.41) is 0. The molecule has 1 rings (SSSR count). The SMILES string of the molecule is CC1(C)OB(CCCCCC(F)(F)F)OC1(C)C. The van der Waals surface area contributed by atoms with Crippen molar-refractivity contribution in [1.29, 1.82) is 0 Å². The molecule has 0 bridgehead atoms. The van der Waals surface area contributed by atoms with E-state index in [-0.39, 0.29) is 24.7 Å². The van der Waals surface area contributed by atoms with E-state index in [1.165, 1.54) is 0 Å². The average molecular weight is 266 g/mol. The third kappa shape index (κ3) is 4.46. The summed E-state index contributed by atoms with van der Waals surface area (Å²) >= 11 is 0. The van der Waals surface area contributed by atoms with E-state index >= 15 is 0 Å². The van der Waals surface area contributed by atoms with Crippen LogP contribution >= 0.6 is 0 Å². The van der Waals surface area contributed by atoms with Crippen LogP contribution in [0.5, 0.6) is 0 Å². The molecule has 0 N–H and O–H groups in total. The zero-order chi connectivity index (χ0) is 14.0. The van der Waals surface area contributed by atoms with Gasteiger partial charge in [-0.1, -0.05) is 12.8 Å². The first kappa shape index (κ1) is 15.8. The number of halogens is 3. The van der Waals surface area contributed by atoms with Crippen LogP contribution in [-0.2, 0) is 9.31 Å². The molecule has 0 aliphatic carbocycles. The lowest BCUT2D eigenvalue weighted by Gasteiger charge is -2.32. The number of hydrogen-bond donors (Lipinski definition) is 0. The van der Waals surface area contributed by atoms with Crippen LogP contribution in [0.2, 0.25) is 6.32 Å². The van der Waals surface area contributed by atoms with E-state index in [0.29, 0.717) is 19.2 Å². The molecule has 1 fully saturated rings. The average Bonchev–Trinajstić information content (AvgIpc) is 2.32. The largest absolute Gasteiger partial charge is 0.457 e. The number of alkyl halides is 3. The quantitative estimate of drug-likeness (QED) is 0.548. The molecule has 0 unspecified atom stereocenters. The molecule has 6 heteroatoms. The van der Waals surface area contributed by atoms with Crippen LogP contribution in [0, 0.1) is 0 Å². The Morgan fingerprint density at radius 2 is 1.39 bits per heavy atom. The highest BCUT2D eigenvalue weighted by Gasteiger charge is 2.50. The Morgan fingerprint density at radius 1 is 0.889 bits per heavy atom. The molecule has 1 saturated heterocycles. The fraction of sp³-hybridized carbons (Fsp3) is 1.00. The second-order valence-electron chi connectivity index (χ2n) is 5.90. The van der Waals surface area contributed by atoms with Crippen LogP contribution in [0.15, 0.2) is 0 Å². The van der Waals surface area contributed by atoms with Gasteiger partial charge in [0.05, 0.1) is 11.2 Å². The molecule has 0 spiro atoms. The van der Waals surface area contributed by atoms with Gasteiger partial charge in [0.2, 0.25) is 0 Å². The van der Waals surface area contributed by atoms with Crippen LogP contribution in [0.25, 0.3) is 0 Å². The van der Waals surface area contributed by atoms with Gasteiger partial charge in [-0.15, -0.1) is 0 Å². The molecular formula is C12H22BF3O2. The molecule has 0 amide bonds. The summed E-state index contributed by atoms with van der Waals surface area (Å²) < 4.78 is 47.3. The van der Waals surface area contributed by atoms with Crippen LogP contribution in [0.1, 0.15) is 53.4 Å². The molecule has 1 aliphatic heterocycles. The maximum absolute atomic E-state index is 11.9. The molecule has 0 aromatic heterocycles. The minimum atomic E-state index is -4.04. The minimum absolute atomic E-state index is 0.184. The van der Waals surface area contributed by atoms with Crippen molar-refractivity contribution in [3.05, 3.63) is 0 Å². The third-order valence-electron chi connectivity index (χ3n) is 3.70. The van der Waals surface area contributed by atoms with E-state index in [1.807, 2.05) is 27.7 Å². The number of hydrogen-bond acceptors (Lipinski definition) is 2. The minimum Gasteiger partial charge on any atom is -0.403 e. The van der Waals surface area contributed by atoms with E-state index in [4.69, 9.17) is 9.31 Å². The number of rotatable bonds is 5. The van der Waals surface area contributed by atoms with Gasteiger partial charge in [0.1, 0.15) is 0 Å². The molecule has 1 heterocycles. The summed E-state index contributed by atoms with van der Waals surface area (Å²) in [6.45, 7) is 7.88. The third-order valence-corrected chi connectivity index (χ3v) is 3.70. The summed E-state index contributed by atoms with van der Waals surface area (Å²) in [5.74, 6) is 0. The second-order valence-corrected chi connectivity index (χ2v) is 5.90.